The summed E-state index contributed by atoms with van der Waals surface area (Å²) in [6, 6.07) is 7.66. The Morgan fingerprint density at radius 1 is 1.24 bits per heavy atom. The molecule has 2 aromatic heterocycles. The fraction of sp³-hybridized carbons (Fsp3) is 0. The molecule has 1 N–H and O–H groups in total. The first-order valence-corrected chi connectivity index (χ1v) is 7.52. The summed E-state index contributed by atoms with van der Waals surface area (Å²) in [5.74, 6) is 0.844. The van der Waals surface area contributed by atoms with Gasteiger partial charge in [0, 0.05) is 10.6 Å². The van der Waals surface area contributed by atoms with Crippen LogP contribution in [-0.4, -0.2) is 9.97 Å². The van der Waals surface area contributed by atoms with Crippen LogP contribution in [0.3, 0.4) is 0 Å². The minimum atomic E-state index is 0.707. The van der Waals surface area contributed by atoms with Crippen molar-refractivity contribution in [3.05, 3.63) is 36.9 Å². The number of hydrogen-bond donors (Lipinski definition) is 1. The number of rotatable bonds is 1. The number of halogens is 3. The standard InChI is InChI=1S/C11H5Br2ClN2S/c12-9-4-6(10(13)17-9)11-15-7-2-1-5(14)3-8(7)16-11/h1-4H,(H,15,16). The molecule has 0 fully saturated rings. The molecule has 0 aliphatic carbocycles. The van der Waals surface area contributed by atoms with E-state index in [-0.39, 0.29) is 0 Å². The Hall–Kier alpha value is -0.360. The molecule has 2 nitrogen and oxygen atoms in total. The maximum atomic E-state index is 5.95. The maximum Gasteiger partial charge on any atom is 0.140 e. The molecule has 0 bridgehead atoms. The third-order valence-corrected chi connectivity index (χ3v) is 4.93. The zero-order valence-electron chi connectivity index (χ0n) is 8.30. The lowest BCUT2D eigenvalue weighted by Gasteiger charge is -1.90. The average Bonchev–Trinajstić information content (AvgIpc) is 2.80. The van der Waals surface area contributed by atoms with Gasteiger partial charge in [-0.2, -0.15) is 0 Å². The molecule has 6 heteroatoms. The Kier molecular flexibility index (Phi) is 3.02. The number of imidazole rings is 1. The summed E-state index contributed by atoms with van der Waals surface area (Å²) < 4.78 is 2.12. The van der Waals surface area contributed by atoms with Crippen LogP contribution in [-0.2, 0) is 0 Å². The Morgan fingerprint density at radius 3 is 2.76 bits per heavy atom. The minimum absolute atomic E-state index is 0.707. The van der Waals surface area contributed by atoms with E-state index in [1.165, 1.54) is 0 Å². The second-order valence-corrected chi connectivity index (χ2v) is 7.67. The van der Waals surface area contributed by atoms with Crippen LogP contribution in [0.25, 0.3) is 22.4 Å². The molecule has 17 heavy (non-hydrogen) atoms. The largest absolute Gasteiger partial charge is 0.338 e. The van der Waals surface area contributed by atoms with Gasteiger partial charge in [0.25, 0.3) is 0 Å². The van der Waals surface area contributed by atoms with Crippen molar-refractivity contribution in [3.8, 4) is 11.4 Å². The zero-order valence-corrected chi connectivity index (χ0v) is 13.0. The van der Waals surface area contributed by atoms with E-state index in [9.17, 15) is 0 Å². The second kappa shape index (κ2) is 4.39. The highest BCUT2D eigenvalue weighted by molar-refractivity contribution is 9.12. The molecular weight excluding hydrogens is 387 g/mol. The van der Waals surface area contributed by atoms with Gasteiger partial charge in [-0.15, -0.1) is 11.3 Å². The molecule has 0 aliphatic rings. The summed E-state index contributed by atoms with van der Waals surface area (Å²) in [5, 5.41) is 0.707. The van der Waals surface area contributed by atoms with Gasteiger partial charge in [0.2, 0.25) is 0 Å². The molecule has 0 radical (unpaired) electrons. The van der Waals surface area contributed by atoms with Crippen molar-refractivity contribution in [2.75, 3.05) is 0 Å². The molecule has 0 saturated heterocycles. The van der Waals surface area contributed by atoms with E-state index >= 15 is 0 Å². The molecule has 0 aliphatic heterocycles. The third-order valence-electron chi connectivity index (χ3n) is 2.36. The molecule has 3 rings (SSSR count). The van der Waals surface area contributed by atoms with Gasteiger partial charge in [-0.25, -0.2) is 4.98 Å². The summed E-state index contributed by atoms with van der Waals surface area (Å²) in [7, 11) is 0. The number of benzene rings is 1. The van der Waals surface area contributed by atoms with E-state index in [1.54, 1.807) is 11.3 Å². The van der Waals surface area contributed by atoms with Crippen LogP contribution in [0.1, 0.15) is 0 Å². The lowest BCUT2D eigenvalue weighted by Crippen LogP contribution is -1.76. The normalized spacial score (nSPS) is 11.2. The van der Waals surface area contributed by atoms with Crippen LogP contribution in [0.4, 0.5) is 0 Å². The SMILES string of the molecule is Clc1ccc2nc(-c3cc(Br)sc3Br)[nH]c2c1. The van der Waals surface area contributed by atoms with Crippen LogP contribution in [0.2, 0.25) is 5.02 Å². The van der Waals surface area contributed by atoms with E-state index in [0.717, 1.165) is 30.0 Å². The molecule has 2 heterocycles. The van der Waals surface area contributed by atoms with Gasteiger partial charge in [-0.05, 0) is 56.1 Å². The summed E-state index contributed by atoms with van der Waals surface area (Å²) in [5.41, 5.74) is 2.91. The van der Waals surface area contributed by atoms with Crippen molar-refractivity contribution in [1.29, 1.82) is 0 Å². The maximum absolute atomic E-state index is 5.95. The van der Waals surface area contributed by atoms with Gasteiger partial charge in [0.15, 0.2) is 0 Å². The van der Waals surface area contributed by atoms with Crippen molar-refractivity contribution in [2.45, 2.75) is 0 Å². The first kappa shape index (κ1) is 11.7. The first-order valence-electron chi connectivity index (χ1n) is 4.74. The summed E-state index contributed by atoms with van der Waals surface area (Å²) >= 11 is 14.6. The quantitative estimate of drug-likeness (QED) is 0.584. The number of H-pyrrole nitrogens is 1. The highest BCUT2D eigenvalue weighted by Gasteiger charge is 2.11. The molecular formula is C11H5Br2ClN2S. The summed E-state index contributed by atoms with van der Waals surface area (Å²) in [4.78, 5) is 7.81. The Balaban J connectivity index is 2.21. The molecule has 0 unspecified atom stereocenters. The van der Waals surface area contributed by atoms with Gasteiger partial charge in [-0.3, -0.25) is 0 Å². The van der Waals surface area contributed by atoms with Crippen molar-refractivity contribution in [2.24, 2.45) is 0 Å². The molecule has 1 aromatic carbocycles. The molecule has 0 saturated carbocycles. The monoisotopic (exact) mass is 390 g/mol. The van der Waals surface area contributed by atoms with Crippen LogP contribution in [0.5, 0.6) is 0 Å². The van der Waals surface area contributed by atoms with Crippen molar-refractivity contribution < 1.29 is 0 Å². The highest BCUT2D eigenvalue weighted by atomic mass is 79.9. The molecule has 86 valence electrons. The highest BCUT2D eigenvalue weighted by Crippen LogP contribution is 2.38. The van der Waals surface area contributed by atoms with E-state index in [0.29, 0.717) is 5.02 Å². The predicted octanol–water partition coefficient (Wildman–Crippen LogP) is 5.47. The average molecular weight is 393 g/mol. The van der Waals surface area contributed by atoms with Crippen LogP contribution >= 0.6 is 54.8 Å². The number of aromatic amines is 1. The first-order chi connectivity index (χ1) is 8.13. The number of aromatic nitrogens is 2. The smallest absolute Gasteiger partial charge is 0.140 e. The Labute approximate surface area is 123 Å². The molecule has 0 amide bonds. The van der Waals surface area contributed by atoms with Gasteiger partial charge in [-0.1, -0.05) is 11.6 Å². The Morgan fingerprint density at radius 2 is 2.06 bits per heavy atom. The van der Waals surface area contributed by atoms with Gasteiger partial charge in [0.05, 0.1) is 18.6 Å². The van der Waals surface area contributed by atoms with E-state index in [2.05, 4.69) is 41.8 Å². The topological polar surface area (TPSA) is 28.7 Å². The van der Waals surface area contributed by atoms with E-state index < -0.39 is 0 Å². The molecule has 3 aromatic rings. The molecule has 0 spiro atoms. The third kappa shape index (κ3) is 2.17. The van der Waals surface area contributed by atoms with E-state index in [4.69, 9.17) is 11.6 Å². The lowest BCUT2D eigenvalue weighted by molar-refractivity contribution is 1.34. The number of hydrogen-bond acceptors (Lipinski definition) is 2. The lowest BCUT2D eigenvalue weighted by atomic mass is 10.3. The van der Waals surface area contributed by atoms with Crippen LogP contribution in [0.15, 0.2) is 31.8 Å². The summed E-state index contributed by atoms with van der Waals surface area (Å²) in [6.07, 6.45) is 0. The van der Waals surface area contributed by atoms with Gasteiger partial charge in [0.1, 0.15) is 5.82 Å². The van der Waals surface area contributed by atoms with Crippen molar-refractivity contribution in [3.63, 3.8) is 0 Å². The van der Waals surface area contributed by atoms with Crippen LogP contribution < -0.4 is 0 Å². The van der Waals surface area contributed by atoms with Crippen LogP contribution in [0, 0.1) is 0 Å². The number of fused-ring (bicyclic) bond motifs is 1. The number of thiophene rings is 1. The van der Waals surface area contributed by atoms with Gasteiger partial charge >= 0.3 is 0 Å². The number of nitrogens with one attached hydrogen (secondary N) is 1. The predicted molar refractivity (Wildman–Crippen MR) is 79.8 cm³/mol. The second-order valence-electron chi connectivity index (χ2n) is 3.48. The molecule has 0 atom stereocenters. The van der Waals surface area contributed by atoms with E-state index in [1.807, 2.05) is 24.3 Å². The fourth-order valence-electron chi connectivity index (χ4n) is 1.61. The van der Waals surface area contributed by atoms with Crippen molar-refractivity contribution >= 4 is 65.8 Å². The zero-order chi connectivity index (χ0) is 12.0. The van der Waals surface area contributed by atoms with Crippen molar-refractivity contribution in [1.82, 2.24) is 9.97 Å². The fourth-order valence-corrected chi connectivity index (χ4v) is 4.59. The van der Waals surface area contributed by atoms with Gasteiger partial charge < -0.3 is 4.98 Å². The number of nitrogens with zero attached hydrogens (tertiary/aromatic N) is 1. The minimum Gasteiger partial charge on any atom is -0.338 e. The summed E-state index contributed by atoms with van der Waals surface area (Å²) in [6.45, 7) is 0. The Bertz CT molecular complexity index is 705.